The number of aryl methyl sites for hydroxylation is 1. The van der Waals surface area contributed by atoms with Crippen LogP contribution in [-0.2, 0) is 9.53 Å². The van der Waals surface area contributed by atoms with E-state index >= 15 is 0 Å². The van der Waals surface area contributed by atoms with E-state index in [-0.39, 0.29) is 12.2 Å². The van der Waals surface area contributed by atoms with Gasteiger partial charge in [0.2, 0.25) is 5.91 Å². The number of rotatable bonds is 5. The summed E-state index contributed by atoms with van der Waals surface area (Å²) >= 11 is 0. The third-order valence-electron chi connectivity index (χ3n) is 2.43. The van der Waals surface area contributed by atoms with E-state index in [2.05, 4.69) is 5.32 Å². The molecule has 0 saturated carbocycles. The quantitative estimate of drug-likeness (QED) is 0.712. The third kappa shape index (κ3) is 3.54. The topological polar surface area (TPSA) is 102 Å². The normalized spacial score (nSPS) is 11.9. The summed E-state index contributed by atoms with van der Waals surface area (Å²) in [7, 11) is 1.45. The number of nitrogens with one attached hydrogen (secondary N) is 1. The van der Waals surface area contributed by atoms with E-state index in [1.54, 1.807) is 13.0 Å². The van der Waals surface area contributed by atoms with Crippen LogP contribution in [0.4, 0.5) is 5.69 Å². The number of hydrogen-bond acceptors (Lipinski definition) is 4. The summed E-state index contributed by atoms with van der Waals surface area (Å²) < 4.78 is 4.77. The Kier molecular flexibility index (Phi) is 4.82. The highest BCUT2D eigenvalue weighted by molar-refractivity contribution is 5.97. The molecule has 0 spiro atoms. The second-order valence-corrected chi connectivity index (χ2v) is 3.89. The van der Waals surface area contributed by atoms with Crippen LogP contribution in [-0.4, -0.2) is 36.7 Å². The average molecular weight is 252 g/mol. The van der Waals surface area contributed by atoms with E-state index in [1.165, 1.54) is 19.2 Å². The maximum atomic E-state index is 11.7. The van der Waals surface area contributed by atoms with E-state index in [1.807, 2.05) is 0 Å². The van der Waals surface area contributed by atoms with Gasteiger partial charge in [-0.25, -0.2) is 4.79 Å². The number of aromatic carboxylic acids is 1. The molecule has 1 aromatic carbocycles. The van der Waals surface area contributed by atoms with Crippen molar-refractivity contribution in [1.82, 2.24) is 0 Å². The summed E-state index contributed by atoms with van der Waals surface area (Å²) in [6.45, 7) is 1.87. The summed E-state index contributed by atoms with van der Waals surface area (Å²) in [4.78, 5) is 22.5. The average Bonchev–Trinajstić information content (AvgIpc) is 2.31. The molecule has 6 nitrogen and oxygen atoms in total. The fraction of sp³-hybridized carbons (Fsp3) is 0.333. The predicted octanol–water partition coefficient (Wildman–Crippen LogP) is 0.605. The molecule has 4 N–H and O–H groups in total. The van der Waals surface area contributed by atoms with Crippen LogP contribution >= 0.6 is 0 Å². The molecule has 1 amide bonds. The summed E-state index contributed by atoms with van der Waals surface area (Å²) in [5.74, 6) is -1.46. The van der Waals surface area contributed by atoms with Gasteiger partial charge in [0, 0.05) is 12.8 Å². The van der Waals surface area contributed by atoms with Crippen LogP contribution in [0.5, 0.6) is 0 Å². The fourth-order valence-corrected chi connectivity index (χ4v) is 1.37. The van der Waals surface area contributed by atoms with E-state index in [0.29, 0.717) is 5.69 Å². The lowest BCUT2D eigenvalue weighted by Gasteiger charge is -2.13. The van der Waals surface area contributed by atoms with Crippen LogP contribution in [0.3, 0.4) is 0 Å². The molecule has 1 atom stereocenters. The molecule has 0 heterocycles. The number of carbonyl (C=O) groups is 2. The van der Waals surface area contributed by atoms with Crippen LogP contribution in [0.25, 0.3) is 0 Å². The smallest absolute Gasteiger partial charge is 0.335 e. The molecule has 0 aliphatic rings. The Bertz CT molecular complexity index is 459. The zero-order chi connectivity index (χ0) is 13.7. The Morgan fingerprint density at radius 1 is 1.50 bits per heavy atom. The molecule has 18 heavy (non-hydrogen) atoms. The number of carboxylic acid groups (broad SMARTS) is 1. The minimum Gasteiger partial charge on any atom is -0.478 e. The first-order valence-corrected chi connectivity index (χ1v) is 5.35. The van der Waals surface area contributed by atoms with Crippen LogP contribution in [0, 0.1) is 6.92 Å². The lowest BCUT2D eigenvalue weighted by molar-refractivity contribution is -0.118. The molecule has 1 aromatic rings. The van der Waals surface area contributed by atoms with Crippen molar-refractivity contribution in [1.29, 1.82) is 0 Å². The first-order valence-electron chi connectivity index (χ1n) is 5.35. The fourth-order valence-electron chi connectivity index (χ4n) is 1.37. The lowest BCUT2D eigenvalue weighted by Crippen LogP contribution is -2.39. The van der Waals surface area contributed by atoms with E-state index in [0.717, 1.165) is 5.56 Å². The summed E-state index contributed by atoms with van der Waals surface area (Å²) in [5, 5.41) is 11.5. The van der Waals surface area contributed by atoms with Crippen molar-refractivity contribution in [3.8, 4) is 0 Å². The predicted molar refractivity (Wildman–Crippen MR) is 66.6 cm³/mol. The molecule has 1 rings (SSSR count). The summed E-state index contributed by atoms with van der Waals surface area (Å²) in [6.07, 6.45) is 0. The Morgan fingerprint density at radius 3 is 2.72 bits per heavy atom. The van der Waals surface area contributed by atoms with E-state index in [9.17, 15) is 9.59 Å². The lowest BCUT2D eigenvalue weighted by atomic mass is 10.1. The number of hydrogen-bond donors (Lipinski definition) is 3. The summed E-state index contributed by atoms with van der Waals surface area (Å²) in [5.41, 5.74) is 6.88. The molecule has 0 aliphatic heterocycles. The number of methoxy groups -OCH3 is 1. The second kappa shape index (κ2) is 6.13. The Labute approximate surface area is 105 Å². The molecule has 0 saturated heterocycles. The first kappa shape index (κ1) is 14.1. The third-order valence-corrected chi connectivity index (χ3v) is 2.43. The highest BCUT2D eigenvalue weighted by atomic mass is 16.5. The minimum absolute atomic E-state index is 0.101. The van der Waals surface area contributed by atoms with Crippen LogP contribution < -0.4 is 11.1 Å². The van der Waals surface area contributed by atoms with Crippen LogP contribution in [0.15, 0.2) is 18.2 Å². The molecular formula is C12H16N2O4. The molecule has 98 valence electrons. The van der Waals surface area contributed by atoms with E-state index in [4.69, 9.17) is 15.6 Å². The van der Waals surface area contributed by atoms with Crippen molar-refractivity contribution in [2.75, 3.05) is 19.0 Å². The number of ether oxygens (including phenoxy) is 1. The van der Waals surface area contributed by atoms with Gasteiger partial charge in [0.1, 0.15) is 6.04 Å². The molecule has 0 aromatic heterocycles. The molecular weight excluding hydrogens is 236 g/mol. The van der Waals surface area contributed by atoms with Crippen molar-refractivity contribution >= 4 is 17.6 Å². The molecule has 0 bridgehead atoms. The Morgan fingerprint density at radius 2 is 2.17 bits per heavy atom. The number of nitrogens with two attached hydrogens (primary N) is 1. The standard InChI is InChI=1S/C12H16N2O4/c1-7-3-4-8(12(16)17)5-10(7)14-11(15)9(13)6-18-2/h3-5,9H,6,13H2,1-2H3,(H,14,15)(H,16,17). The van der Waals surface area contributed by atoms with Crippen molar-refractivity contribution in [2.45, 2.75) is 13.0 Å². The first-order chi connectivity index (χ1) is 8.45. The second-order valence-electron chi connectivity index (χ2n) is 3.89. The van der Waals surface area contributed by atoms with Gasteiger partial charge in [0.15, 0.2) is 0 Å². The largest absolute Gasteiger partial charge is 0.478 e. The maximum Gasteiger partial charge on any atom is 0.335 e. The van der Waals surface area contributed by atoms with Crippen molar-refractivity contribution in [2.24, 2.45) is 5.73 Å². The maximum absolute atomic E-state index is 11.7. The number of carbonyl (C=O) groups excluding carboxylic acids is 1. The monoisotopic (exact) mass is 252 g/mol. The van der Waals surface area contributed by atoms with Gasteiger partial charge in [-0.3, -0.25) is 4.79 Å². The van der Waals surface area contributed by atoms with E-state index < -0.39 is 17.9 Å². The van der Waals surface area contributed by atoms with Gasteiger partial charge in [-0.1, -0.05) is 6.07 Å². The zero-order valence-electron chi connectivity index (χ0n) is 10.3. The Hall–Kier alpha value is -1.92. The minimum atomic E-state index is -1.05. The Balaban J connectivity index is 2.86. The van der Waals surface area contributed by atoms with Gasteiger partial charge in [0.25, 0.3) is 0 Å². The molecule has 1 unspecified atom stereocenters. The molecule has 0 aliphatic carbocycles. The number of benzene rings is 1. The van der Waals surface area contributed by atoms with Gasteiger partial charge in [0.05, 0.1) is 12.2 Å². The SMILES string of the molecule is COCC(N)C(=O)Nc1cc(C(=O)O)ccc1C. The van der Waals surface area contributed by atoms with Crippen LogP contribution in [0.1, 0.15) is 15.9 Å². The van der Waals surface area contributed by atoms with Gasteiger partial charge >= 0.3 is 5.97 Å². The number of anilines is 1. The van der Waals surface area contributed by atoms with Gasteiger partial charge < -0.3 is 20.9 Å². The van der Waals surface area contributed by atoms with Crippen molar-refractivity contribution in [3.63, 3.8) is 0 Å². The van der Waals surface area contributed by atoms with Crippen molar-refractivity contribution in [3.05, 3.63) is 29.3 Å². The summed E-state index contributed by atoms with van der Waals surface area (Å²) in [6, 6.07) is 3.71. The van der Waals surface area contributed by atoms with Gasteiger partial charge in [-0.2, -0.15) is 0 Å². The molecule has 0 fully saturated rings. The van der Waals surface area contributed by atoms with Gasteiger partial charge in [-0.05, 0) is 24.6 Å². The number of amides is 1. The van der Waals surface area contributed by atoms with Gasteiger partial charge in [-0.15, -0.1) is 0 Å². The van der Waals surface area contributed by atoms with Crippen molar-refractivity contribution < 1.29 is 19.4 Å². The molecule has 0 radical (unpaired) electrons. The molecule has 6 heteroatoms. The zero-order valence-corrected chi connectivity index (χ0v) is 10.3. The number of carboxylic acids is 1. The highest BCUT2D eigenvalue weighted by Crippen LogP contribution is 2.17. The highest BCUT2D eigenvalue weighted by Gasteiger charge is 2.15. The van der Waals surface area contributed by atoms with Crippen LogP contribution in [0.2, 0.25) is 0 Å².